The molecule has 5 heteroatoms. The summed E-state index contributed by atoms with van der Waals surface area (Å²) in [6.45, 7) is 0.298. The standard InChI is InChI=1S/C12H11ClO4/c13-12(7-4-8-16-10(12)14)11(15)17-9-5-2-1-3-6-9/h1-3,5-6H,4,7-8H2. The van der Waals surface area contributed by atoms with Gasteiger partial charge in [-0.1, -0.05) is 29.8 Å². The third kappa shape index (κ3) is 2.42. The number of halogens is 1. The molecule has 0 saturated carbocycles. The molecule has 0 aromatic heterocycles. The van der Waals surface area contributed by atoms with E-state index in [9.17, 15) is 9.59 Å². The molecule has 1 aromatic rings. The van der Waals surface area contributed by atoms with Gasteiger partial charge in [0.15, 0.2) is 0 Å². The second-order valence-corrected chi connectivity index (χ2v) is 4.39. The normalized spacial score (nSPS) is 23.9. The number of rotatable bonds is 2. The van der Waals surface area contributed by atoms with Gasteiger partial charge in [0.25, 0.3) is 0 Å². The molecule has 1 fully saturated rings. The number of benzene rings is 1. The lowest BCUT2D eigenvalue weighted by atomic mass is 10.0. The Bertz CT molecular complexity index is 431. The van der Waals surface area contributed by atoms with Crippen LogP contribution in [0.15, 0.2) is 30.3 Å². The fourth-order valence-corrected chi connectivity index (χ4v) is 1.79. The monoisotopic (exact) mass is 254 g/mol. The zero-order valence-electron chi connectivity index (χ0n) is 9.02. The van der Waals surface area contributed by atoms with Gasteiger partial charge < -0.3 is 9.47 Å². The number of hydrogen-bond donors (Lipinski definition) is 0. The summed E-state index contributed by atoms with van der Waals surface area (Å²) in [4.78, 5) is 21.6. The van der Waals surface area contributed by atoms with Crippen molar-refractivity contribution in [3.63, 3.8) is 0 Å². The summed E-state index contributed by atoms with van der Waals surface area (Å²) in [5, 5.41) is 0. The highest BCUT2D eigenvalue weighted by Crippen LogP contribution is 2.29. The Balaban J connectivity index is 2.11. The maximum absolute atomic E-state index is 11.8. The molecule has 0 amide bonds. The Morgan fingerprint density at radius 3 is 2.71 bits per heavy atom. The van der Waals surface area contributed by atoms with Crippen LogP contribution in [0.25, 0.3) is 0 Å². The Hall–Kier alpha value is -1.55. The molecule has 0 aliphatic carbocycles. The van der Waals surface area contributed by atoms with E-state index in [0.29, 0.717) is 18.8 Å². The number of cyclic esters (lactones) is 1. The first-order chi connectivity index (χ1) is 8.13. The topological polar surface area (TPSA) is 52.6 Å². The number of carbonyl (C=O) groups is 2. The van der Waals surface area contributed by atoms with Crippen LogP contribution in [0.1, 0.15) is 12.8 Å². The molecular weight excluding hydrogens is 244 g/mol. The Labute approximate surface area is 103 Å². The smallest absolute Gasteiger partial charge is 0.344 e. The third-order valence-electron chi connectivity index (χ3n) is 2.50. The maximum atomic E-state index is 11.8. The highest BCUT2D eigenvalue weighted by molar-refractivity contribution is 6.44. The molecule has 1 saturated heterocycles. The molecule has 1 atom stereocenters. The van der Waals surface area contributed by atoms with E-state index in [1.165, 1.54) is 0 Å². The van der Waals surface area contributed by atoms with Gasteiger partial charge in [0.1, 0.15) is 5.75 Å². The summed E-state index contributed by atoms with van der Waals surface area (Å²) < 4.78 is 9.84. The summed E-state index contributed by atoms with van der Waals surface area (Å²) in [6, 6.07) is 8.48. The van der Waals surface area contributed by atoms with Crippen molar-refractivity contribution in [2.24, 2.45) is 0 Å². The highest BCUT2D eigenvalue weighted by atomic mass is 35.5. The van der Waals surface area contributed by atoms with Gasteiger partial charge in [0.2, 0.25) is 4.87 Å². The van der Waals surface area contributed by atoms with Crippen LogP contribution in [0.5, 0.6) is 5.75 Å². The molecular formula is C12H11ClO4. The number of esters is 2. The van der Waals surface area contributed by atoms with Crippen LogP contribution in [0.4, 0.5) is 0 Å². The first kappa shape index (κ1) is 11.9. The van der Waals surface area contributed by atoms with Crippen molar-refractivity contribution in [3.05, 3.63) is 30.3 Å². The molecule has 0 radical (unpaired) electrons. The second-order valence-electron chi connectivity index (χ2n) is 3.74. The van der Waals surface area contributed by atoms with Crippen LogP contribution in [0.3, 0.4) is 0 Å². The molecule has 0 spiro atoms. The van der Waals surface area contributed by atoms with E-state index in [1.54, 1.807) is 30.3 Å². The summed E-state index contributed by atoms with van der Waals surface area (Å²) >= 11 is 5.98. The first-order valence-electron chi connectivity index (χ1n) is 5.26. The van der Waals surface area contributed by atoms with Crippen molar-refractivity contribution in [3.8, 4) is 5.75 Å². The molecule has 1 heterocycles. The lowest BCUT2D eigenvalue weighted by Crippen LogP contribution is -2.48. The Morgan fingerprint density at radius 2 is 2.06 bits per heavy atom. The molecule has 90 valence electrons. The maximum Gasteiger partial charge on any atom is 0.344 e. The molecule has 1 aromatic carbocycles. The van der Waals surface area contributed by atoms with Crippen molar-refractivity contribution < 1.29 is 19.1 Å². The molecule has 4 nitrogen and oxygen atoms in total. The molecule has 0 bridgehead atoms. The lowest BCUT2D eigenvalue weighted by Gasteiger charge is -2.26. The summed E-state index contributed by atoms with van der Waals surface area (Å²) in [5.74, 6) is -1.16. The minimum atomic E-state index is -1.70. The van der Waals surface area contributed by atoms with Gasteiger partial charge in [0.05, 0.1) is 6.61 Å². The van der Waals surface area contributed by atoms with Gasteiger partial charge in [-0.25, -0.2) is 9.59 Å². The molecule has 1 unspecified atom stereocenters. The SMILES string of the molecule is O=C1OCCCC1(Cl)C(=O)Oc1ccccc1. The fourth-order valence-electron chi connectivity index (χ4n) is 1.56. The van der Waals surface area contributed by atoms with Crippen molar-refractivity contribution in [1.29, 1.82) is 0 Å². The minimum absolute atomic E-state index is 0.235. The van der Waals surface area contributed by atoms with Crippen molar-refractivity contribution >= 4 is 23.5 Å². The van der Waals surface area contributed by atoms with E-state index in [2.05, 4.69) is 0 Å². The zero-order valence-corrected chi connectivity index (χ0v) is 9.77. The zero-order chi connectivity index (χ0) is 12.3. The molecule has 17 heavy (non-hydrogen) atoms. The number of carbonyl (C=O) groups excluding carboxylic acids is 2. The largest absolute Gasteiger partial charge is 0.464 e. The van der Waals surface area contributed by atoms with E-state index < -0.39 is 16.8 Å². The predicted octanol–water partition coefficient (Wildman–Crippen LogP) is 1.91. The second kappa shape index (κ2) is 4.75. The van der Waals surface area contributed by atoms with Gasteiger partial charge in [-0.2, -0.15) is 0 Å². The van der Waals surface area contributed by atoms with Crippen LogP contribution in [0, 0.1) is 0 Å². The van der Waals surface area contributed by atoms with Crippen molar-refractivity contribution in [2.75, 3.05) is 6.61 Å². The number of para-hydroxylation sites is 1. The quantitative estimate of drug-likeness (QED) is 0.350. The van der Waals surface area contributed by atoms with Crippen LogP contribution < -0.4 is 4.74 Å². The average molecular weight is 255 g/mol. The van der Waals surface area contributed by atoms with Crippen molar-refractivity contribution in [2.45, 2.75) is 17.7 Å². The summed E-state index contributed by atoms with van der Waals surface area (Å²) in [6.07, 6.45) is 0.790. The van der Waals surface area contributed by atoms with Crippen LogP contribution in [-0.4, -0.2) is 23.4 Å². The molecule has 1 aliphatic heterocycles. The van der Waals surface area contributed by atoms with E-state index in [4.69, 9.17) is 21.1 Å². The average Bonchev–Trinajstić information content (AvgIpc) is 2.34. The van der Waals surface area contributed by atoms with Gasteiger partial charge in [0, 0.05) is 0 Å². The van der Waals surface area contributed by atoms with E-state index >= 15 is 0 Å². The van der Waals surface area contributed by atoms with Crippen LogP contribution in [-0.2, 0) is 14.3 Å². The van der Waals surface area contributed by atoms with Gasteiger partial charge >= 0.3 is 11.9 Å². The number of alkyl halides is 1. The first-order valence-corrected chi connectivity index (χ1v) is 5.64. The third-order valence-corrected chi connectivity index (χ3v) is 3.00. The summed E-state index contributed by atoms with van der Waals surface area (Å²) in [7, 11) is 0. The van der Waals surface area contributed by atoms with Crippen molar-refractivity contribution in [1.82, 2.24) is 0 Å². The van der Waals surface area contributed by atoms with Crippen LogP contribution >= 0.6 is 11.6 Å². The van der Waals surface area contributed by atoms with Gasteiger partial charge in [-0.05, 0) is 25.0 Å². The lowest BCUT2D eigenvalue weighted by molar-refractivity contribution is -0.159. The van der Waals surface area contributed by atoms with E-state index in [1.807, 2.05) is 0 Å². The Morgan fingerprint density at radius 1 is 1.35 bits per heavy atom. The highest BCUT2D eigenvalue weighted by Gasteiger charge is 2.49. The van der Waals surface area contributed by atoms with E-state index in [-0.39, 0.29) is 6.42 Å². The number of ether oxygens (including phenoxy) is 2. The van der Waals surface area contributed by atoms with E-state index in [0.717, 1.165) is 0 Å². The minimum Gasteiger partial charge on any atom is -0.464 e. The van der Waals surface area contributed by atoms with Gasteiger partial charge in [-0.15, -0.1) is 0 Å². The molecule has 0 N–H and O–H groups in total. The fraction of sp³-hybridized carbons (Fsp3) is 0.333. The summed E-state index contributed by atoms with van der Waals surface area (Å²) in [5.41, 5.74) is 0. The number of hydrogen-bond acceptors (Lipinski definition) is 4. The molecule has 1 aliphatic rings. The molecule has 2 rings (SSSR count). The van der Waals surface area contributed by atoms with Crippen LogP contribution in [0.2, 0.25) is 0 Å². The Kier molecular flexibility index (Phi) is 3.33. The predicted molar refractivity (Wildman–Crippen MR) is 60.9 cm³/mol. The van der Waals surface area contributed by atoms with Gasteiger partial charge in [-0.3, -0.25) is 0 Å².